The third kappa shape index (κ3) is 4.19. The molecule has 138 valence electrons. The number of nitrogens with one attached hydrogen (secondary N) is 2. The fraction of sp³-hybridized carbons (Fsp3) is 0.273. The minimum atomic E-state index is 0.586. The van der Waals surface area contributed by atoms with E-state index in [1.165, 1.54) is 24.1 Å². The summed E-state index contributed by atoms with van der Waals surface area (Å²) >= 11 is 0. The lowest BCUT2D eigenvalue weighted by Crippen LogP contribution is -2.17. The number of anilines is 5. The van der Waals surface area contributed by atoms with Gasteiger partial charge in [-0.3, -0.25) is 0 Å². The molecule has 3 aromatic rings. The first-order valence-corrected chi connectivity index (χ1v) is 9.62. The number of benzene rings is 2. The van der Waals surface area contributed by atoms with Crippen LogP contribution in [0.1, 0.15) is 25.3 Å². The number of nitrogens with zero attached hydrogens (tertiary/aromatic N) is 3. The standard InChI is InChI=1S/C22H25N5/c1-2-17-7-3-4-8-20(17)25-21-13-14-23-22(26-21)24-18-9-11-19(12-10-18)27-15-5-6-16-27/h3-4,7-14H,2,5-6,15-16H2,1H3,(H2,23,24,25,26). The van der Waals surface area contributed by atoms with Gasteiger partial charge in [-0.15, -0.1) is 0 Å². The highest BCUT2D eigenvalue weighted by Gasteiger charge is 2.12. The average molecular weight is 359 g/mol. The fourth-order valence-corrected chi connectivity index (χ4v) is 3.44. The summed E-state index contributed by atoms with van der Waals surface area (Å²) in [4.78, 5) is 11.4. The number of hydrogen-bond acceptors (Lipinski definition) is 5. The lowest BCUT2D eigenvalue weighted by Gasteiger charge is -2.17. The van der Waals surface area contributed by atoms with E-state index in [4.69, 9.17) is 0 Å². The Balaban J connectivity index is 1.46. The van der Waals surface area contributed by atoms with Gasteiger partial charge in [0.2, 0.25) is 5.95 Å². The van der Waals surface area contributed by atoms with Crippen molar-refractivity contribution >= 4 is 28.8 Å². The topological polar surface area (TPSA) is 53.1 Å². The van der Waals surface area contributed by atoms with Crippen molar-refractivity contribution in [3.05, 3.63) is 66.4 Å². The van der Waals surface area contributed by atoms with Gasteiger partial charge >= 0.3 is 0 Å². The lowest BCUT2D eigenvalue weighted by molar-refractivity contribution is 0.949. The number of aromatic nitrogens is 2. The molecule has 2 aromatic carbocycles. The van der Waals surface area contributed by atoms with Crippen LogP contribution in [0, 0.1) is 0 Å². The Morgan fingerprint density at radius 1 is 0.926 bits per heavy atom. The van der Waals surface area contributed by atoms with Gasteiger partial charge in [0, 0.05) is 36.3 Å². The van der Waals surface area contributed by atoms with Crippen molar-refractivity contribution in [1.29, 1.82) is 0 Å². The van der Waals surface area contributed by atoms with Crippen LogP contribution in [0.5, 0.6) is 0 Å². The second-order valence-electron chi connectivity index (χ2n) is 6.77. The van der Waals surface area contributed by atoms with Crippen molar-refractivity contribution in [2.45, 2.75) is 26.2 Å². The second-order valence-corrected chi connectivity index (χ2v) is 6.77. The first kappa shape index (κ1) is 17.3. The Morgan fingerprint density at radius 2 is 1.70 bits per heavy atom. The van der Waals surface area contributed by atoms with Crippen molar-refractivity contribution in [1.82, 2.24) is 9.97 Å². The maximum absolute atomic E-state index is 4.59. The molecule has 1 aliphatic heterocycles. The normalized spacial score (nSPS) is 13.6. The van der Waals surface area contributed by atoms with Gasteiger partial charge in [0.25, 0.3) is 0 Å². The van der Waals surface area contributed by atoms with Gasteiger partial charge in [-0.25, -0.2) is 4.98 Å². The predicted molar refractivity (Wildman–Crippen MR) is 112 cm³/mol. The molecule has 1 aliphatic rings. The van der Waals surface area contributed by atoms with Gasteiger partial charge in [-0.05, 0) is 61.2 Å². The van der Waals surface area contributed by atoms with Gasteiger partial charge in [-0.2, -0.15) is 4.98 Å². The molecule has 0 unspecified atom stereocenters. The molecule has 2 heterocycles. The third-order valence-corrected chi connectivity index (χ3v) is 4.91. The molecular formula is C22H25N5. The van der Waals surface area contributed by atoms with Crippen LogP contribution < -0.4 is 15.5 Å². The van der Waals surface area contributed by atoms with Crippen molar-refractivity contribution in [3.63, 3.8) is 0 Å². The minimum Gasteiger partial charge on any atom is -0.372 e. The molecule has 0 radical (unpaired) electrons. The first-order chi connectivity index (χ1) is 13.3. The van der Waals surface area contributed by atoms with Crippen LogP contribution in [-0.2, 0) is 6.42 Å². The molecule has 2 N–H and O–H groups in total. The Labute approximate surface area is 160 Å². The van der Waals surface area contributed by atoms with Crippen molar-refractivity contribution < 1.29 is 0 Å². The maximum Gasteiger partial charge on any atom is 0.229 e. The number of rotatable bonds is 6. The Bertz CT molecular complexity index is 885. The average Bonchev–Trinajstić information content (AvgIpc) is 3.24. The SMILES string of the molecule is CCc1ccccc1Nc1ccnc(Nc2ccc(N3CCCC3)cc2)n1. The zero-order chi connectivity index (χ0) is 18.5. The van der Waals surface area contributed by atoms with E-state index in [0.717, 1.165) is 36.7 Å². The lowest BCUT2D eigenvalue weighted by atomic mass is 10.1. The molecule has 0 saturated carbocycles. The van der Waals surface area contributed by atoms with Crippen molar-refractivity contribution in [2.75, 3.05) is 28.6 Å². The van der Waals surface area contributed by atoms with Crippen molar-refractivity contribution in [3.8, 4) is 0 Å². The number of para-hydroxylation sites is 1. The molecule has 0 atom stereocenters. The zero-order valence-electron chi connectivity index (χ0n) is 15.7. The third-order valence-electron chi connectivity index (χ3n) is 4.91. The number of aryl methyl sites for hydroxylation is 1. The van der Waals surface area contributed by atoms with Crippen LogP contribution >= 0.6 is 0 Å². The van der Waals surface area contributed by atoms with E-state index in [1.807, 2.05) is 12.1 Å². The molecule has 1 fully saturated rings. The van der Waals surface area contributed by atoms with Gasteiger partial charge < -0.3 is 15.5 Å². The molecule has 5 nitrogen and oxygen atoms in total. The molecule has 4 rings (SSSR count). The summed E-state index contributed by atoms with van der Waals surface area (Å²) in [6.45, 7) is 4.46. The van der Waals surface area contributed by atoms with Crippen LogP contribution in [0.4, 0.5) is 28.8 Å². The molecule has 5 heteroatoms. The van der Waals surface area contributed by atoms with E-state index in [2.05, 4.69) is 74.9 Å². The number of hydrogen-bond donors (Lipinski definition) is 2. The molecule has 0 amide bonds. The summed E-state index contributed by atoms with van der Waals surface area (Å²) in [6.07, 6.45) is 5.32. The second kappa shape index (κ2) is 8.08. The summed E-state index contributed by atoms with van der Waals surface area (Å²) < 4.78 is 0. The highest BCUT2D eigenvalue weighted by atomic mass is 15.2. The summed E-state index contributed by atoms with van der Waals surface area (Å²) in [5, 5.41) is 6.69. The van der Waals surface area contributed by atoms with Crippen LogP contribution in [0.15, 0.2) is 60.8 Å². The summed E-state index contributed by atoms with van der Waals surface area (Å²) in [5.41, 5.74) is 4.62. The van der Waals surface area contributed by atoms with Crippen molar-refractivity contribution in [2.24, 2.45) is 0 Å². The summed E-state index contributed by atoms with van der Waals surface area (Å²) in [5.74, 6) is 1.37. The highest BCUT2D eigenvalue weighted by molar-refractivity contribution is 5.63. The van der Waals surface area contributed by atoms with E-state index < -0.39 is 0 Å². The summed E-state index contributed by atoms with van der Waals surface area (Å²) in [7, 11) is 0. The maximum atomic E-state index is 4.59. The molecule has 0 aliphatic carbocycles. The predicted octanol–water partition coefficient (Wildman–Crippen LogP) is 5.13. The Morgan fingerprint density at radius 3 is 2.48 bits per heavy atom. The molecule has 0 spiro atoms. The van der Waals surface area contributed by atoms with Gasteiger partial charge in [0.05, 0.1) is 0 Å². The summed E-state index contributed by atoms with van der Waals surface area (Å²) in [6, 6.07) is 18.7. The smallest absolute Gasteiger partial charge is 0.229 e. The largest absolute Gasteiger partial charge is 0.372 e. The van der Waals surface area contributed by atoms with Crippen LogP contribution in [0.3, 0.4) is 0 Å². The van der Waals surface area contributed by atoms with Crippen LogP contribution in [0.2, 0.25) is 0 Å². The molecule has 1 aromatic heterocycles. The molecular weight excluding hydrogens is 334 g/mol. The quantitative estimate of drug-likeness (QED) is 0.639. The van der Waals surface area contributed by atoms with E-state index in [-0.39, 0.29) is 0 Å². The molecule has 1 saturated heterocycles. The zero-order valence-corrected chi connectivity index (χ0v) is 15.7. The van der Waals surface area contributed by atoms with E-state index >= 15 is 0 Å². The Kier molecular flexibility index (Phi) is 5.19. The fourth-order valence-electron chi connectivity index (χ4n) is 3.44. The van der Waals surface area contributed by atoms with Crippen LogP contribution in [-0.4, -0.2) is 23.1 Å². The van der Waals surface area contributed by atoms with Gasteiger partial charge in [0.15, 0.2) is 0 Å². The van der Waals surface area contributed by atoms with E-state index in [9.17, 15) is 0 Å². The molecule has 27 heavy (non-hydrogen) atoms. The van der Waals surface area contributed by atoms with E-state index in [1.54, 1.807) is 6.20 Å². The van der Waals surface area contributed by atoms with Gasteiger partial charge in [-0.1, -0.05) is 25.1 Å². The first-order valence-electron chi connectivity index (χ1n) is 9.62. The highest BCUT2D eigenvalue weighted by Crippen LogP contribution is 2.24. The Hall–Kier alpha value is -3.08. The monoisotopic (exact) mass is 359 g/mol. The van der Waals surface area contributed by atoms with E-state index in [0.29, 0.717) is 5.95 Å². The van der Waals surface area contributed by atoms with Crippen LogP contribution in [0.25, 0.3) is 0 Å². The van der Waals surface area contributed by atoms with Gasteiger partial charge in [0.1, 0.15) is 5.82 Å². The molecule has 0 bridgehead atoms. The minimum absolute atomic E-state index is 0.586.